The monoisotopic (exact) mass is 354 g/mol. The molecule has 2 aliphatic carbocycles. The fourth-order valence-electron chi connectivity index (χ4n) is 3.21. The fraction of sp³-hybridized carbons (Fsp3) is 0.667. The van der Waals surface area contributed by atoms with Gasteiger partial charge in [0.2, 0.25) is 5.91 Å². The summed E-state index contributed by atoms with van der Waals surface area (Å²) in [5.74, 6) is 0.459. The van der Waals surface area contributed by atoms with E-state index >= 15 is 0 Å². The van der Waals surface area contributed by atoms with Gasteiger partial charge in [-0.1, -0.05) is 13.8 Å². The Kier molecular flexibility index (Phi) is 5.11. The third-order valence-electron chi connectivity index (χ3n) is 5.33. The number of amides is 2. The lowest BCUT2D eigenvalue weighted by atomic mass is 10.2. The predicted octanol–water partition coefficient (Wildman–Crippen LogP) is 3.09. The Hall–Kier alpha value is -1.92. The molecule has 1 aromatic heterocycles. The zero-order valence-corrected chi connectivity index (χ0v) is 14.5. The number of carbonyl (C=O) groups is 2. The summed E-state index contributed by atoms with van der Waals surface area (Å²) in [6.45, 7) is 5.61. The molecule has 0 aromatic carbocycles. The first-order valence-corrected chi connectivity index (χ1v) is 8.83. The molecule has 0 radical (unpaired) electrons. The Morgan fingerprint density at radius 3 is 2.48 bits per heavy atom. The van der Waals surface area contributed by atoms with Gasteiger partial charge >= 0.3 is 0 Å². The maximum absolute atomic E-state index is 12.6. The van der Waals surface area contributed by atoms with Crippen LogP contribution in [-0.2, 0) is 4.79 Å². The van der Waals surface area contributed by atoms with Gasteiger partial charge in [-0.3, -0.25) is 9.59 Å². The summed E-state index contributed by atoms with van der Waals surface area (Å²) >= 11 is 0. The Bertz CT molecular complexity index is 634. The second-order valence-electron chi connectivity index (χ2n) is 7.23. The average Bonchev–Trinajstić information content (AvgIpc) is 3.42. The number of alkyl halides is 2. The highest BCUT2D eigenvalue weighted by Crippen LogP contribution is 2.46. The Morgan fingerprint density at radius 1 is 1.28 bits per heavy atom. The van der Waals surface area contributed by atoms with E-state index in [4.69, 9.17) is 4.42 Å². The van der Waals surface area contributed by atoms with E-state index in [1.807, 2.05) is 4.90 Å². The maximum atomic E-state index is 12.6. The highest BCUT2D eigenvalue weighted by atomic mass is 19.3. The van der Waals surface area contributed by atoms with Crippen LogP contribution < -0.4 is 5.32 Å². The molecule has 0 aliphatic heterocycles. The van der Waals surface area contributed by atoms with Gasteiger partial charge in [0.1, 0.15) is 0 Å². The lowest BCUT2D eigenvalue weighted by Gasteiger charge is -2.23. The van der Waals surface area contributed by atoms with E-state index in [1.165, 1.54) is 6.07 Å². The van der Waals surface area contributed by atoms with Crippen molar-refractivity contribution in [1.29, 1.82) is 0 Å². The molecule has 3 rings (SSSR count). The van der Waals surface area contributed by atoms with Crippen molar-refractivity contribution in [3.8, 4) is 0 Å². The van der Waals surface area contributed by atoms with Gasteiger partial charge in [-0.15, -0.1) is 0 Å². The number of hydrogen-bond donors (Lipinski definition) is 1. The molecule has 25 heavy (non-hydrogen) atoms. The highest BCUT2D eigenvalue weighted by Gasteiger charge is 2.50. The summed E-state index contributed by atoms with van der Waals surface area (Å²) in [7, 11) is 0. The summed E-state index contributed by atoms with van der Waals surface area (Å²) in [5, 5.41) is 2.64. The lowest BCUT2D eigenvalue weighted by molar-refractivity contribution is -0.133. The van der Waals surface area contributed by atoms with Crippen LogP contribution in [0.15, 0.2) is 16.5 Å². The smallest absolute Gasteiger partial charge is 0.295 e. The Balaban J connectivity index is 1.50. The normalized spacial score (nSPS) is 25.1. The number of nitrogens with zero attached hydrogens (tertiary/aromatic N) is 1. The van der Waals surface area contributed by atoms with Gasteiger partial charge < -0.3 is 14.6 Å². The molecule has 1 N–H and O–H groups in total. The molecule has 2 saturated carbocycles. The molecule has 0 bridgehead atoms. The van der Waals surface area contributed by atoms with E-state index in [2.05, 4.69) is 19.2 Å². The second kappa shape index (κ2) is 7.14. The van der Waals surface area contributed by atoms with E-state index in [0.717, 1.165) is 25.5 Å². The van der Waals surface area contributed by atoms with Crippen LogP contribution in [0.1, 0.15) is 49.4 Å². The van der Waals surface area contributed by atoms with Crippen molar-refractivity contribution in [2.75, 3.05) is 19.6 Å². The first-order chi connectivity index (χ1) is 11.9. The molecular formula is C18H24F2N2O3. The van der Waals surface area contributed by atoms with Crippen LogP contribution >= 0.6 is 0 Å². The number of furan rings is 1. The van der Waals surface area contributed by atoms with Gasteiger partial charge in [0.25, 0.3) is 12.3 Å². The minimum atomic E-state index is -2.74. The first kappa shape index (κ1) is 17.9. The summed E-state index contributed by atoms with van der Waals surface area (Å²) in [6.07, 6.45) is -0.445. The zero-order valence-electron chi connectivity index (χ0n) is 14.5. The molecule has 0 saturated heterocycles. The molecule has 138 valence electrons. The zero-order chi connectivity index (χ0) is 18.1. The average molecular weight is 354 g/mol. The van der Waals surface area contributed by atoms with Crippen molar-refractivity contribution < 1.29 is 22.8 Å². The standard InChI is InChI=1S/C18H24F2N2O3/c1-10-11(2)15(10)18(24)22(9-12-3-4-12)8-7-21-17(23)14-6-5-13(25-14)16(19)20/h5-6,10-12,15-16H,3-4,7-9H2,1-2H3,(H,21,23)/t10-,11-/m1/s1. The van der Waals surface area contributed by atoms with Crippen molar-refractivity contribution in [2.24, 2.45) is 23.7 Å². The largest absolute Gasteiger partial charge is 0.450 e. The van der Waals surface area contributed by atoms with Crippen molar-refractivity contribution in [3.63, 3.8) is 0 Å². The van der Waals surface area contributed by atoms with Crippen LogP contribution in [0.4, 0.5) is 8.78 Å². The highest BCUT2D eigenvalue weighted by molar-refractivity contribution is 5.91. The molecule has 2 amide bonds. The quantitative estimate of drug-likeness (QED) is 0.780. The number of hydrogen-bond acceptors (Lipinski definition) is 3. The topological polar surface area (TPSA) is 62.6 Å². The summed E-state index contributed by atoms with van der Waals surface area (Å²) in [6, 6.07) is 2.33. The molecule has 1 aromatic rings. The van der Waals surface area contributed by atoms with Crippen LogP contribution in [0.3, 0.4) is 0 Å². The number of halogens is 2. The molecular weight excluding hydrogens is 330 g/mol. The van der Waals surface area contributed by atoms with Gasteiger partial charge in [-0.05, 0) is 42.7 Å². The Morgan fingerprint density at radius 2 is 1.96 bits per heavy atom. The lowest BCUT2D eigenvalue weighted by Crippen LogP contribution is -2.40. The summed E-state index contributed by atoms with van der Waals surface area (Å²) in [4.78, 5) is 26.4. The van der Waals surface area contributed by atoms with Crippen LogP contribution in [-0.4, -0.2) is 36.3 Å². The summed E-state index contributed by atoms with van der Waals surface area (Å²) < 4.78 is 29.8. The van der Waals surface area contributed by atoms with Crippen LogP contribution in [0.5, 0.6) is 0 Å². The van der Waals surface area contributed by atoms with E-state index in [-0.39, 0.29) is 24.1 Å². The Labute approximate surface area is 145 Å². The van der Waals surface area contributed by atoms with Crippen LogP contribution in [0.2, 0.25) is 0 Å². The molecule has 2 fully saturated rings. The predicted molar refractivity (Wildman–Crippen MR) is 87.1 cm³/mol. The minimum Gasteiger partial charge on any atom is -0.450 e. The molecule has 5 nitrogen and oxygen atoms in total. The minimum absolute atomic E-state index is 0.0909. The molecule has 0 unspecified atom stereocenters. The van der Waals surface area contributed by atoms with Crippen molar-refractivity contribution >= 4 is 11.8 Å². The molecule has 2 aliphatic rings. The van der Waals surface area contributed by atoms with Gasteiger partial charge in [-0.25, -0.2) is 8.78 Å². The summed E-state index contributed by atoms with van der Waals surface area (Å²) in [5.41, 5.74) is 0. The third kappa shape index (κ3) is 4.19. The van der Waals surface area contributed by atoms with Crippen molar-refractivity contribution in [1.82, 2.24) is 10.2 Å². The van der Waals surface area contributed by atoms with Gasteiger partial charge in [0.15, 0.2) is 11.5 Å². The second-order valence-corrected chi connectivity index (χ2v) is 7.23. The SMILES string of the molecule is C[C@H]1C(C(=O)N(CCNC(=O)c2ccc(C(F)F)o2)CC2CC2)[C@@H]1C. The molecule has 2 atom stereocenters. The van der Waals surface area contributed by atoms with E-state index in [9.17, 15) is 18.4 Å². The molecule has 1 heterocycles. The molecule has 0 spiro atoms. The third-order valence-corrected chi connectivity index (χ3v) is 5.33. The number of carbonyl (C=O) groups excluding carboxylic acids is 2. The van der Waals surface area contributed by atoms with E-state index < -0.39 is 18.1 Å². The number of rotatable bonds is 8. The van der Waals surface area contributed by atoms with Crippen LogP contribution in [0.25, 0.3) is 0 Å². The molecule has 7 heteroatoms. The van der Waals surface area contributed by atoms with Crippen LogP contribution in [0, 0.1) is 23.7 Å². The first-order valence-electron chi connectivity index (χ1n) is 8.83. The number of nitrogens with one attached hydrogen (secondary N) is 1. The van der Waals surface area contributed by atoms with Gasteiger partial charge in [0.05, 0.1) is 0 Å². The fourth-order valence-corrected chi connectivity index (χ4v) is 3.21. The van der Waals surface area contributed by atoms with Crippen molar-refractivity contribution in [2.45, 2.75) is 33.1 Å². The van der Waals surface area contributed by atoms with E-state index in [0.29, 0.717) is 24.3 Å². The van der Waals surface area contributed by atoms with E-state index in [1.54, 1.807) is 0 Å². The van der Waals surface area contributed by atoms with Crippen molar-refractivity contribution in [3.05, 3.63) is 23.7 Å². The van der Waals surface area contributed by atoms with Gasteiger partial charge in [0, 0.05) is 25.6 Å². The maximum Gasteiger partial charge on any atom is 0.295 e. The van der Waals surface area contributed by atoms with Gasteiger partial charge in [-0.2, -0.15) is 0 Å².